The van der Waals surface area contributed by atoms with Crippen LogP contribution in [0.25, 0.3) is 0 Å². The molecule has 0 unspecified atom stereocenters. The van der Waals surface area contributed by atoms with Crippen LogP contribution < -0.4 is 14.5 Å². The van der Waals surface area contributed by atoms with E-state index in [0.717, 1.165) is 44.2 Å². The van der Waals surface area contributed by atoms with Crippen molar-refractivity contribution in [3.8, 4) is 5.75 Å². The highest BCUT2D eigenvalue weighted by atomic mass is 16.5. The molecule has 1 aromatic heterocycles. The van der Waals surface area contributed by atoms with Crippen LogP contribution in [-0.2, 0) is 4.79 Å². The standard InChI is InChI=1S/C24H31N3O2/c1-17(15-18(2)28)20-5-7-21(8-6-20)29-22-10-14-27(16-22)23-9-11-25-24(19(23)3)26-12-4-13-26/h5-9,11,17,22H,4,10,12-16H2,1-3H3/t17-,22-/m1/s1. The van der Waals surface area contributed by atoms with Crippen LogP contribution in [0, 0.1) is 6.92 Å². The number of pyridine rings is 1. The molecule has 2 atom stereocenters. The predicted octanol–water partition coefficient (Wildman–Crippen LogP) is 4.34. The minimum Gasteiger partial charge on any atom is -0.489 e. The van der Waals surface area contributed by atoms with Crippen molar-refractivity contribution >= 4 is 17.3 Å². The second-order valence-corrected chi connectivity index (χ2v) is 8.47. The molecule has 0 radical (unpaired) electrons. The summed E-state index contributed by atoms with van der Waals surface area (Å²) in [5.41, 5.74) is 3.74. The third-order valence-corrected chi connectivity index (χ3v) is 6.14. The number of benzene rings is 1. The van der Waals surface area contributed by atoms with E-state index in [2.05, 4.69) is 46.8 Å². The Hall–Kier alpha value is -2.56. The molecule has 0 amide bonds. The molecule has 0 spiro atoms. The molecule has 2 aliphatic heterocycles. The summed E-state index contributed by atoms with van der Waals surface area (Å²) in [5, 5.41) is 0. The Labute approximate surface area is 173 Å². The minimum atomic E-state index is 0.190. The number of carbonyl (C=O) groups excluding carboxylic acids is 1. The third-order valence-electron chi connectivity index (χ3n) is 6.14. The number of Topliss-reactive ketones (excluding diaryl/α,β-unsaturated/α-hetero) is 1. The molecule has 0 aliphatic carbocycles. The van der Waals surface area contributed by atoms with E-state index in [1.54, 1.807) is 6.92 Å². The van der Waals surface area contributed by atoms with Gasteiger partial charge in [-0.15, -0.1) is 0 Å². The van der Waals surface area contributed by atoms with Crippen molar-refractivity contribution in [2.45, 2.75) is 52.1 Å². The molecule has 2 aromatic rings. The molecule has 1 aromatic carbocycles. The second kappa shape index (κ2) is 8.44. The molecule has 29 heavy (non-hydrogen) atoms. The average Bonchev–Trinajstić information content (AvgIpc) is 3.10. The molecule has 2 aliphatic rings. The molecule has 4 rings (SSSR count). The zero-order valence-corrected chi connectivity index (χ0v) is 17.7. The van der Waals surface area contributed by atoms with E-state index in [9.17, 15) is 4.79 Å². The summed E-state index contributed by atoms with van der Waals surface area (Å²) in [5.74, 6) is 2.52. The first kappa shape index (κ1) is 19.7. The Morgan fingerprint density at radius 2 is 1.93 bits per heavy atom. The predicted molar refractivity (Wildman–Crippen MR) is 117 cm³/mol. The van der Waals surface area contributed by atoms with E-state index in [1.165, 1.54) is 23.2 Å². The van der Waals surface area contributed by atoms with Gasteiger partial charge >= 0.3 is 0 Å². The van der Waals surface area contributed by atoms with Gasteiger partial charge in [0.15, 0.2) is 0 Å². The molecule has 2 saturated heterocycles. The van der Waals surface area contributed by atoms with Gasteiger partial charge in [0.05, 0.1) is 6.54 Å². The van der Waals surface area contributed by atoms with Crippen LogP contribution in [0.4, 0.5) is 11.5 Å². The topological polar surface area (TPSA) is 45.7 Å². The molecular weight excluding hydrogens is 362 g/mol. The monoisotopic (exact) mass is 393 g/mol. The van der Waals surface area contributed by atoms with Crippen LogP contribution in [0.2, 0.25) is 0 Å². The molecule has 0 saturated carbocycles. The van der Waals surface area contributed by atoms with Crippen LogP contribution in [-0.4, -0.2) is 43.1 Å². The molecule has 154 valence electrons. The fourth-order valence-corrected chi connectivity index (χ4v) is 4.36. The van der Waals surface area contributed by atoms with Crippen LogP contribution in [0.5, 0.6) is 5.75 Å². The van der Waals surface area contributed by atoms with Crippen LogP contribution >= 0.6 is 0 Å². The van der Waals surface area contributed by atoms with Crippen molar-refractivity contribution in [1.29, 1.82) is 0 Å². The number of ether oxygens (including phenoxy) is 1. The van der Waals surface area contributed by atoms with Gasteiger partial charge in [-0.2, -0.15) is 0 Å². The van der Waals surface area contributed by atoms with Gasteiger partial charge in [0.25, 0.3) is 0 Å². The van der Waals surface area contributed by atoms with E-state index in [-0.39, 0.29) is 17.8 Å². The molecule has 2 fully saturated rings. The summed E-state index contributed by atoms with van der Waals surface area (Å²) in [7, 11) is 0. The molecule has 5 heteroatoms. The lowest BCUT2D eigenvalue weighted by molar-refractivity contribution is -0.117. The quantitative estimate of drug-likeness (QED) is 0.700. The fourth-order valence-electron chi connectivity index (χ4n) is 4.36. The number of ketones is 1. The highest BCUT2D eigenvalue weighted by Crippen LogP contribution is 2.32. The maximum atomic E-state index is 11.3. The summed E-state index contributed by atoms with van der Waals surface area (Å²) in [6.07, 6.45) is 4.99. The number of anilines is 2. The SMILES string of the molecule is CC(=O)C[C@@H](C)c1ccc(O[C@@H]2CCN(c3ccnc(N4CCC4)c3C)C2)cc1. The fraction of sp³-hybridized carbons (Fsp3) is 0.500. The van der Waals surface area contributed by atoms with Crippen molar-refractivity contribution < 1.29 is 9.53 Å². The van der Waals surface area contributed by atoms with E-state index in [0.29, 0.717) is 6.42 Å². The maximum Gasteiger partial charge on any atom is 0.133 e. The zero-order valence-electron chi connectivity index (χ0n) is 17.7. The van der Waals surface area contributed by atoms with Gasteiger partial charge in [-0.1, -0.05) is 19.1 Å². The molecular formula is C24H31N3O2. The average molecular weight is 394 g/mol. The Balaban J connectivity index is 1.37. The van der Waals surface area contributed by atoms with E-state index >= 15 is 0 Å². The Morgan fingerprint density at radius 3 is 2.59 bits per heavy atom. The first-order valence-electron chi connectivity index (χ1n) is 10.7. The van der Waals surface area contributed by atoms with Crippen molar-refractivity contribution in [2.24, 2.45) is 0 Å². The van der Waals surface area contributed by atoms with E-state index < -0.39 is 0 Å². The summed E-state index contributed by atoms with van der Waals surface area (Å²) >= 11 is 0. The minimum absolute atomic E-state index is 0.190. The number of nitrogens with zero attached hydrogens (tertiary/aromatic N) is 3. The molecule has 0 bridgehead atoms. The second-order valence-electron chi connectivity index (χ2n) is 8.47. The number of rotatable bonds is 7. The van der Waals surface area contributed by atoms with Crippen molar-refractivity contribution in [1.82, 2.24) is 4.98 Å². The van der Waals surface area contributed by atoms with Gasteiger partial charge in [-0.25, -0.2) is 4.98 Å². The van der Waals surface area contributed by atoms with Gasteiger partial charge in [-0.3, -0.25) is 0 Å². The molecule has 0 N–H and O–H groups in total. The van der Waals surface area contributed by atoms with Gasteiger partial charge in [-0.05, 0) is 49.9 Å². The number of hydrogen-bond donors (Lipinski definition) is 0. The number of aromatic nitrogens is 1. The Morgan fingerprint density at radius 1 is 1.17 bits per heavy atom. The smallest absolute Gasteiger partial charge is 0.133 e. The zero-order chi connectivity index (χ0) is 20.4. The van der Waals surface area contributed by atoms with Gasteiger partial charge in [0, 0.05) is 49.9 Å². The lowest BCUT2D eigenvalue weighted by atomic mass is 9.96. The molecule has 5 nitrogen and oxygen atoms in total. The lowest BCUT2D eigenvalue weighted by Gasteiger charge is -2.34. The summed E-state index contributed by atoms with van der Waals surface area (Å²) in [6.45, 7) is 10.1. The van der Waals surface area contributed by atoms with Crippen LogP contribution in [0.3, 0.4) is 0 Å². The molecule has 3 heterocycles. The Bertz CT molecular complexity index is 861. The van der Waals surface area contributed by atoms with E-state index in [4.69, 9.17) is 4.74 Å². The van der Waals surface area contributed by atoms with Crippen molar-refractivity contribution in [3.05, 3.63) is 47.7 Å². The number of hydrogen-bond acceptors (Lipinski definition) is 5. The van der Waals surface area contributed by atoms with Gasteiger partial charge in [0.2, 0.25) is 0 Å². The summed E-state index contributed by atoms with van der Waals surface area (Å²) < 4.78 is 6.26. The third kappa shape index (κ3) is 4.39. The highest BCUT2D eigenvalue weighted by Gasteiger charge is 2.27. The highest BCUT2D eigenvalue weighted by molar-refractivity contribution is 5.76. The lowest BCUT2D eigenvalue weighted by Crippen LogP contribution is -2.38. The van der Waals surface area contributed by atoms with E-state index in [1.807, 2.05) is 18.3 Å². The van der Waals surface area contributed by atoms with Crippen molar-refractivity contribution in [3.63, 3.8) is 0 Å². The van der Waals surface area contributed by atoms with Crippen LogP contribution in [0.15, 0.2) is 36.5 Å². The maximum absolute atomic E-state index is 11.3. The normalized spacial score (nSPS) is 19.8. The van der Waals surface area contributed by atoms with Gasteiger partial charge in [0.1, 0.15) is 23.5 Å². The first-order chi connectivity index (χ1) is 14.0. The van der Waals surface area contributed by atoms with Crippen molar-refractivity contribution in [2.75, 3.05) is 36.0 Å². The van der Waals surface area contributed by atoms with Gasteiger partial charge < -0.3 is 19.3 Å². The van der Waals surface area contributed by atoms with Crippen LogP contribution in [0.1, 0.15) is 50.2 Å². The Kier molecular flexibility index (Phi) is 5.74. The summed E-state index contributed by atoms with van der Waals surface area (Å²) in [4.78, 5) is 20.7. The largest absolute Gasteiger partial charge is 0.489 e. The summed E-state index contributed by atoms with van der Waals surface area (Å²) in [6, 6.07) is 10.4. The first-order valence-corrected chi connectivity index (χ1v) is 10.7. The number of carbonyl (C=O) groups is 1.